The molecule has 0 fully saturated rings. The van der Waals surface area contributed by atoms with E-state index >= 15 is 0 Å². The summed E-state index contributed by atoms with van der Waals surface area (Å²) >= 11 is 0. The van der Waals surface area contributed by atoms with E-state index < -0.39 is 0 Å². The highest BCUT2D eigenvalue weighted by molar-refractivity contribution is 5.64. The van der Waals surface area contributed by atoms with Gasteiger partial charge < -0.3 is 5.11 Å². The largest absolute Gasteiger partial charge is 0.396 e. The summed E-state index contributed by atoms with van der Waals surface area (Å²) in [4.78, 5) is 0. The normalized spacial score (nSPS) is 10.5. The average Bonchev–Trinajstić information content (AvgIpc) is 2.33. The highest BCUT2D eigenvalue weighted by Crippen LogP contribution is 2.22. The molecule has 1 N–H and O–H groups in total. The fraction of sp³-hybridized carbons (Fsp3) is 0.200. The van der Waals surface area contributed by atoms with Crippen LogP contribution in [0.2, 0.25) is 0 Å². The van der Waals surface area contributed by atoms with Crippen LogP contribution in [-0.2, 0) is 6.42 Å². The molecule has 0 aliphatic rings. The van der Waals surface area contributed by atoms with Gasteiger partial charge in [0.2, 0.25) is 0 Å². The second kappa shape index (κ2) is 5.11. The number of benzene rings is 2. The van der Waals surface area contributed by atoms with Crippen LogP contribution < -0.4 is 0 Å². The number of hydrogen-bond acceptors (Lipinski definition) is 1. The summed E-state index contributed by atoms with van der Waals surface area (Å²) < 4.78 is 13.4. The fourth-order valence-corrected chi connectivity index (χ4v) is 1.81. The average molecular weight is 230 g/mol. The second-order valence-electron chi connectivity index (χ2n) is 4.15. The third-order valence-corrected chi connectivity index (χ3v) is 2.81. The lowest BCUT2D eigenvalue weighted by Gasteiger charge is -2.06. The molecule has 1 nitrogen and oxygen atoms in total. The van der Waals surface area contributed by atoms with Gasteiger partial charge in [-0.25, -0.2) is 4.39 Å². The number of aryl methyl sites for hydroxylation is 1. The van der Waals surface area contributed by atoms with E-state index in [-0.39, 0.29) is 12.4 Å². The van der Waals surface area contributed by atoms with Gasteiger partial charge in [0.15, 0.2) is 0 Å². The molecule has 0 saturated heterocycles. The molecule has 2 aromatic carbocycles. The van der Waals surface area contributed by atoms with Crippen molar-refractivity contribution in [3.8, 4) is 11.1 Å². The predicted octanol–water partition coefficient (Wildman–Crippen LogP) is 3.34. The van der Waals surface area contributed by atoms with Crippen molar-refractivity contribution in [2.75, 3.05) is 6.61 Å². The van der Waals surface area contributed by atoms with E-state index in [0.717, 1.165) is 11.1 Å². The molecule has 17 heavy (non-hydrogen) atoms. The standard InChI is InChI=1S/C15H15FO/c1-11-2-4-12(5-3-11)13-6-7-15(16)14(10-13)8-9-17/h2-7,10,17H,8-9H2,1H3. The topological polar surface area (TPSA) is 20.2 Å². The van der Waals surface area contributed by atoms with Crippen LogP contribution in [0.25, 0.3) is 11.1 Å². The van der Waals surface area contributed by atoms with Gasteiger partial charge in [0, 0.05) is 6.61 Å². The molecule has 0 bridgehead atoms. The first-order valence-electron chi connectivity index (χ1n) is 5.67. The van der Waals surface area contributed by atoms with Crippen molar-refractivity contribution in [1.82, 2.24) is 0 Å². The van der Waals surface area contributed by atoms with Gasteiger partial charge in [-0.05, 0) is 42.2 Å². The van der Waals surface area contributed by atoms with E-state index in [1.807, 2.05) is 31.2 Å². The Balaban J connectivity index is 2.39. The second-order valence-corrected chi connectivity index (χ2v) is 4.15. The molecule has 0 unspecified atom stereocenters. The Bertz CT molecular complexity index is 503. The zero-order valence-corrected chi connectivity index (χ0v) is 9.78. The molecule has 0 atom stereocenters. The monoisotopic (exact) mass is 230 g/mol. The molecule has 0 amide bonds. The third kappa shape index (κ3) is 2.71. The Morgan fingerprint density at radius 2 is 1.65 bits per heavy atom. The summed E-state index contributed by atoms with van der Waals surface area (Å²) in [6, 6.07) is 13.1. The first-order valence-corrected chi connectivity index (χ1v) is 5.67. The maximum absolute atomic E-state index is 13.4. The third-order valence-electron chi connectivity index (χ3n) is 2.81. The minimum Gasteiger partial charge on any atom is -0.396 e. The number of halogens is 1. The van der Waals surface area contributed by atoms with Gasteiger partial charge in [0.25, 0.3) is 0 Å². The number of hydrogen-bond donors (Lipinski definition) is 1. The zero-order valence-electron chi connectivity index (χ0n) is 9.78. The lowest BCUT2D eigenvalue weighted by Crippen LogP contribution is -1.95. The van der Waals surface area contributed by atoms with Gasteiger partial charge in [0.1, 0.15) is 5.82 Å². The van der Waals surface area contributed by atoms with Crippen LogP contribution >= 0.6 is 0 Å². The summed E-state index contributed by atoms with van der Waals surface area (Å²) in [6.45, 7) is 2.00. The molecule has 0 aliphatic carbocycles. The molecule has 88 valence electrons. The first-order chi connectivity index (χ1) is 8.20. The molecule has 0 heterocycles. The van der Waals surface area contributed by atoms with Crippen LogP contribution in [0.3, 0.4) is 0 Å². The molecule has 2 heteroatoms. The smallest absolute Gasteiger partial charge is 0.126 e. The lowest BCUT2D eigenvalue weighted by atomic mass is 10.0. The van der Waals surface area contributed by atoms with Gasteiger partial charge in [-0.1, -0.05) is 35.9 Å². The Labute approximate surface area is 101 Å². The van der Waals surface area contributed by atoms with Crippen LogP contribution in [0.5, 0.6) is 0 Å². The number of rotatable bonds is 3. The van der Waals surface area contributed by atoms with E-state index in [2.05, 4.69) is 0 Å². The van der Waals surface area contributed by atoms with Crippen molar-refractivity contribution in [3.05, 3.63) is 59.4 Å². The Kier molecular flexibility index (Phi) is 3.55. The highest BCUT2D eigenvalue weighted by Gasteiger charge is 2.04. The van der Waals surface area contributed by atoms with E-state index in [1.54, 1.807) is 12.1 Å². The van der Waals surface area contributed by atoms with Crippen molar-refractivity contribution < 1.29 is 9.50 Å². The van der Waals surface area contributed by atoms with E-state index in [9.17, 15) is 4.39 Å². The van der Waals surface area contributed by atoms with Crippen LogP contribution in [-0.4, -0.2) is 11.7 Å². The van der Waals surface area contributed by atoms with Crippen molar-refractivity contribution in [3.63, 3.8) is 0 Å². The van der Waals surface area contributed by atoms with Gasteiger partial charge in [-0.15, -0.1) is 0 Å². The van der Waals surface area contributed by atoms with Crippen molar-refractivity contribution in [2.45, 2.75) is 13.3 Å². The van der Waals surface area contributed by atoms with Gasteiger partial charge in [-0.2, -0.15) is 0 Å². The predicted molar refractivity (Wildman–Crippen MR) is 67.4 cm³/mol. The van der Waals surface area contributed by atoms with Gasteiger partial charge in [-0.3, -0.25) is 0 Å². The molecular formula is C15H15FO. The molecule has 0 aromatic heterocycles. The van der Waals surface area contributed by atoms with E-state index in [1.165, 1.54) is 11.6 Å². The zero-order chi connectivity index (χ0) is 12.3. The van der Waals surface area contributed by atoms with Crippen LogP contribution in [0.15, 0.2) is 42.5 Å². The summed E-state index contributed by atoms with van der Waals surface area (Å²) in [6.07, 6.45) is 0.353. The SMILES string of the molecule is Cc1ccc(-c2ccc(F)c(CCO)c2)cc1. The molecule has 2 aromatic rings. The van der Waals surface area contributed by atoms with Crippen LogP contribution in [0, 0.1) is 12.7 Å². The van der Waals surface area contributed by atoms with E-state index in [4.69, 9.17) is 5.11 Å². The lowest BCUT2D eigenvalue weighted by molar-refractivity contribution is 0.297. The summed E-state index contributed by atoms with van der Waals surface area (Å²) in [5.74, 6) is -0.255. The Morgan fingerprint density at radius 3 is 2.29 bits per heavy atom. The summed E-state index contributed by atoms with van der Waals surface area (Å²) in [7, 11) is 0. The maximum atomic E-state index is 13.4. The van der Waals surface area contributed by atoms with Crippen LogP contribution in [0.1, 0.15) is 11.1 Å². The molecule has 0 spiro atoms. The van der Waals surface area contributed by atoms with E-state index in [0.29, 0.717) is 12.0 Å². The number of aliphatic hydroxyl groups is 1. The van der Waals surface area contributed by atoms with Crippen molar-refractivity contribution >= 4 is 0 Å². The first kappa shape index (κ1) is 11.8. The van der Waals surface area contributed by atoms with Crippen LogP contribution in [0.4, 0.5) is 4.39 Å². The Hall–Kier alpha value is -1.67. The minimum atomic E-state index is -0.255. The van der Waals surface area contributed by atoms with Gasteiger partial charge >= 0.3 is 0 Å². The van der Waals surface area contributed by atoms with Crippen molar-refractivity contribution in [2.24, 2.45) is 0 Å². The molecular weight excluding hydrogens is 215 g/mol. The molecule has 0 radical (unpaired) electrons. The summed E-state index contributed by atoms with van der Waals surface area (Å²) in [5.41, 5.74) is 3.81. The number of aliphatic hydroxyl groups excluding tert-OH is 1. The van der Waals surface area contributed by atoms with Gasteiger partial charge in [0.05, 0.1) is 0 Å². The van der Waals surface area contributed by atoms with Crippen molar-refractivity contribution in [1.29, 1.82) is 0 Å². The fourth-order valence-electron chi connectivity index (χ4n) is 1.81. The molecule has 0 saturated carbocycles. The highest BCUT2D eigenvalue weighted by atomic mass is 19.1. The molecule has 0 aliphatic heterocycles. The quantitative estimate of drug-likeness (QED) is 0.857. The Morgan fingerprint density at radius 1 is 1.00 bits per heavy atom. The maximum Gasteiger partial charge on any atom is 0.126 e. The molecule has 2 rings (SSSR count). The minimum absolute atomic E-state index is 0.0335. The summed E-state index contributed by atoms with van der Waals surface area (Å²) in [5, 5.41) is 8.88.